The first-order valence-corrected chi connectivity index (χ1v) is 6.41. The maximum Gasteiger partial charge on any atom is 0.323 e. The standard InChI is InChI=1S/C14H27NO3/c1-13(2,3)9-10(16)7-8-11(15)12(17)18-14(4,5)6/h11H,7-9,15H2,1-6H3. The molecule has 1 unspecified atom stereocenters. The SMILES string of the molecule is CC(C)(C)CC(=O)CCC(N)C(=O)OC(C)(C)C. The Labute approximate surface area is 110 Å². The molecule has 106 valence electrons. The Morgan fingerprint density at radius 1 is 1.11 bits per heavy atom. The molecule has 4 nitrogen and oxygen atoms in total. The van der Waals surface area contributed by atoms with Gasteiger partial charge in [0, 0.05) is 12.8 Å². The number of rotatable bonds is 5. The highest BCUT2D eigenvalue weighted by molar-refractivity contribution is 5.81. The fourth-order valence-electron chi connectivity index (χ4n) is 1.49. The normalized spacial score (nSPS) is 14.2. The lowest BCUT2D eigenvalue weighted by Gasteiger charge is -2.22. The van der Waals surface area contributed by atoms with Crippen molar-refractivity contribution in [3.05, 3.63) is 0 Å². The van der Waals surface area contributed by atoms with Gasteiger partial charge in [-0.15, -0.1) is 0 Å². The van der Waals surface area contributed by atoms with Crippen molar-refractivity contribution in [2.24, 2.45) is 11.1 Å². The molecule has 0 saturated heterocycles. The second-order valence-corrected chi connectivity index (χ2v) is 6.95. The summed E-state index contributed by atoms with van der Waals surface area (Å²) in [5, 5.41) is 0. The largest absolute Gasteiger partial charge is 0.459 e. The lowest BCUT2D eigenvalue weighted by molar-refractivity contribution is -0.156. The molecule has 0 spiro atoms. The van der Waals surface area contributed by atoms with Crippen LogP contribution in [0.1, 0.15) is 60.8 Å². The summed E-state index contributed by atoms with van der Waals surface area (Å²) < 4.78 is 5.16. The molecule has 18 heavy (non-hydrogen) atoms. The number of ether oxygens (including phenoxy) is 1. The maximum absolute atomic E-state index is 11.7. The molecule has 0 heterocycles. The molecule has 1 atom stereocenters. The quantitative estimate of drug-likeness (QED) is 0.768. The molecule has 0 amide bonds. The number of nitrogens with two attached hydrogens (primary N) is 1. The van der Waals surface area contributed by atoms with Crippen LogP contribution in [0.25, 0.3) is 0 Å². The minimum atomic E-state index is -0.715. The fourth-order valence-corrected chi connectivity index (χ4v) is 1.49. The molecule has 4 heteroatoms. The van der Waals surface area contributed by atoms with Crippen molar-refractivity contribution < 1.29 is 14.3 Å². The molecule has 0 aliphatic rings. The van der Waals surface area contributed by atoms with E-state index in [2.05, 4.69) is 0 Å². The summed E-state index contributed by atoms with van der Waals surface area (Å²) in [6, 6.07) is -0.715. The zero-order valence-electron chi connectivity index (χ0n) is 12.5. The summed E-state index contributed by atoms with van der Waals surface area (Å²) >= 11 is 0. The molecular weight excluding hydrogens is 230 g/mol. The van der Waals surface area contributed by atoms with Gasteiger partial charge >= 0.3 is 5.97 Å². The lowest BCUT2D eigenvalue weighted by atomic mass is 9.88. The van der Waals surface area contributed by atoms with Crippen molar-refractivity contribution in [2.75, 3.05) is 0 Å². The summed E-state index contributed by atoms with van der Waals surface area (Å²) in [4.78, 5) is 23.3. The molecule has 0 bridgehead atoms. The molecule has 0 aromatic rings. The van der Waals surface area contributed by atoms with Crippen LogP contribution >= 0.6 is 0 Å². The number of carbonyl (C=O) groups excluding carboxylic acids is 2. The van der Waals surface area contributed by atoms with Crippen molar-refractivity contribution in [3.8, 4) is 0 Å². The Balaban J connectivity index is 4.07. The number of hydrogen-bond acceptors (Lipinski definition) is 4. The van der Waals surface area contributed by atoms with Gasteiger partial charge in [0.15, 0.2) is 0 Å². The molecule has 2 N–H and O–H groups in total. The van der Waals surface area contributed by atoms with Crippen molar-refractivity contribution in [2.45, 2.75) is 72.4 Å². The predicted molar refractivity (Wildman–Crippen MR) is 72.1 cm³/mol. The van der Waals surface area contributed by atoms with Gasteiger partial charge < -0.3 is 10.5 Å². The third-order valence-corrected chi connectivity index (χ3v) is 2.17. The smallest absolute Gasteiger partial charge is 0.323 e. The van der Waals surface area contributed by atoms with Crippen LogP contribution in [0.3, 0.4) is 0 Å². The highest BCUT2D eigenvalue weighted by Gasteiger charge is 2.23. The van der Waals surface area contributed by atoms with Crippen LogP contribution in [0.4, 0.5) is 0 Å². The van der Waals surface area contributed by atoms with E-state index in [0.717, 1.165) is 0 Å². The Kier molecular flexibility index (Phi) is 6.00. The first kappa shape index (κ1) is 17.1. The van der Waals surface area contributed by atoms with E-state index in [-0.39, 0.29) is 11.2 Å². The van der Waals surface area contributed by atoms with Crippen LogP contribution in [-0.2, 0) is 14.3 Å². The van der Waals surface area contributed by atoms with Crippen LogP contribution in [0, 0.1) is 5.41 Å². The highest BCUT2D eigenvalue weighted by Crippen LogP contribution is 2.20. The third-order valence-electron chi connectivity index (χ3n) is 2.17. The van der Waals surface area contributed by atoms with Crippen LogP contribution in [0.5, 0.6) is 0 Å². The zero-order valence-corrected chi connectivity index (χ0v) is 12.5. The highest BCUT2D eigenvalue weighted by atomic mass is 16.6. The van der Waals surface area contributed by atoms with E-state index in [4.69, 9.17) is 10.5 Å². The van der Waals surface area contributed by atoms with Crippen LogP contribution < -0.4 is 5.73 Å². The molecule has 0 saturated carbocycles. The van der Waals surface area contributed by atoms with Gasteiger partial charge in [-0.1, -0.05) is 20.8 Å². The Hall–Kier alpha value is -0.900. The van der Waals surface area contributed by atoms with Crippen LogP contribution in [0.15, 0.2) is 0 Å². The first-order valence-electron chi connectivity index (χ1n) is 6.41. The van der Waals surface area contributed by atoms with Gasteiger partial charge in [0.25, 0.3) is 0 Å². The minimum absolute atomic E-state index is 0.0207. The lowest BCUT2D eigenvalue weighted by Crippen LogP contribution is -2.37. The second-order valence-electron chi connectivity index (χ2n) is 6.95. The van der Waals surface area contributed by atoms with E-state index in [9.17, 15) is 9.59 Å². The summed E-state index contributed by atoms with van der Waals surface area (Å²) in [5.41, 5.74) is 5.15. The molecule has 0 aromatic carbocycles. The molecule has 0 aromatic heterocycles. The Morgan fingerprint density at radius 3 is 2.00 bits per heavy atom. The van der Waals surface area contributed by atoms with Crippen molar-refractivity contribution in [3.63, 3.8) is 0 Å². The average molecular weight is 257 g/mol. The maximum atomic E-state index is 11.7. The number of Topliss-reactive ketones (excluding diaryl/α,β-unsaturated/α-hetero) is 1. The molecule has 0 rings (SSSR count). The Bertz CT molecular complexity index is 297. The summed E-state index contributed by atoms with van der Waals surface area (Å²) in [7, 11) is 0. The van der Waals surface area contributed by atoms with Gasteiger partial charge in [0.2, 0.25) is 0 Å². The molecule has 0 aliphatic carbocycles. The summed E-state index contributed by atoms with van der Waals surface area (Å²) in [6.07, 6.45) is 1.19. The van der Waals surface area contributed by atoms with E-state index >= 15 is 0 Å². The van der Waals surface area contributed by atoms with E-state index < -0.39 is 17.6 Å². The minimum Gasteiger partial charge on any atom is -0.459 e. The second kappa shape index (κ2) is 6.32. The molecule has 0 aliphatic heterocycles. The average Bonchev–Trinajstić information content (AvgIpc) is 2.08. The number of ketones is 1. The topological polar surface area (TPSA) is 69.4 Å². The van der Waals surface area contributed by atoms with E-state index in [1.807, 2.05) is 20.8 Å². The fraction of sp³-hybridized carbons (Fsp3) is 0.857. The van der Waals surface area contributed by atoms with Crippen LogP contribution in [0.2, 0.25) is 0 Å². The molecular formula is C14H27NO3. The summed E-state index contributed by atoms with van der Waals surface area (Å²) in [6.45, 7) is 11.4. The number of carbonyl (C=O) groups is 2. The van der Waals surface area contributed by atoms with E-state index in [1.165, 1.54) is 0 Å². The van der Waals surface area contributed by atoms with E-state index in [0.29, 0.717) is 19.3 Å². The number of esters is 1. The number of hydrogen-bond donors (Lipinski definition) is 1. The van der Waals surface area contributed by atoms with Gasteiger partial charge in [-0.25, -0.2) is 0 Å². The van der Waals surface area contributed by atoms with Gasteiger partial charge in [0.05, 0.1) is 0 Å². The zero-order chi connectivity index (χ0) is 14.6. The van der Waals surface area contributed by atoms with Crippen molar-refractivity contribution >= 4 is 11.8 Å². The Morgan fingerprint density at radius 2 is 1.61 bits per heavy atom. The summed E-state index contributed by atoms with van der Waals surface area (Å²) in [5.74, 6) is -0.299. The van der Waals surface area contributed by atoms with Crippen molar-refractivity contribution in [1.29, 1.82) is 0 Å². The van der Waals surface area contributed by atoms with Gasteiger partial charge in [-0.05, 0) is 32.6 Å². The first-order chi connectivity index (χ1) is 7.91. The van der Waals surface area contributed by atoms with E-state index in [1.54, 1.807) is 20.8 Å². The molecule has 0 fully saturated rings. The predicted octanol–water partition coefficient (Wildman–Crippen LogP) is 2.44. The van der Waals surface area contributed by atoms with Gasteiger partial charge in [0.1, 0.15) is 17.4 Å². The molecule has 0 radical (unpaired) electrons. The van der Waals surface area contributed by atoms with Crippen molar-refractivity contribution in [1.82, 2.24) is 0 Å². The monoisotopic (exact) mass is 257 g/mol. The third kappa shape index (κ3) is 9.16. The van der Waals surface area contributed by atoms with Crippen LogP contribution in [-0.4, -0.2) is 23.4 Å². The van der Waals surface area contributed by atoms with Gasteiger partial charge in [-0.2, -0.15) is 0 Å². The van der Waals surface area contributed by atoms with Gasteiger partial charge in [-0.3, -0.25) is 9.59 Å².